The maximum atomic E-state index is 9.75. The summed E-state index contributed by atoms with van der Waals surface area (Å²) in [5.74, 6) is 0. The fourth-order valence-corrected chi connectivity index (χ4v) is 0.893. The van der Waals surface area contributed by atoms with Crippen molar-refractivity contribution in [2.24, 2.45) is 5.22 Å². The lowest BCUT2D eigenvalue weighted by atomic mass is 10.4. The van der Waals surface area contributed by atoms with Gasteiger partial charge < -0.3 is 10.4 Å². The maximum Gasteiger partial charge on any atom is 0.131 e. The monoisotopic (exact) mass is 130 g/mol. The van der Waals surface area contributed by atoms with Crippen LogP contribution in [-0.2, 0) is 5.21 Å². The first-order chi connectivity index (χ1) is 4.29. The summed E-state index contributed by atoms with van der Waals surface area (Å²) in [6.45, 7) is 1.47. The number of hydrogen-bond acceptors (Lipinski definition) is 2. The van der Waals surface area contributed by atoms with Crippen molar-refractivity contribution in [2.75, 3.05) is 13.1 Å². The summed E-state index contributed by atoms with van der Waals surface area (Å²) in [5, 5.41) is 23.5. The Hall–Kier alpha value is -1.00. The Kier molecular flexibility index (Phi) is 1.72. The highest BCUT2D eigenvalue weighted by atomic mass is 16.8. The van der Waals surface area contributed by atoms with E-state index in [1.807, 2.05) is 0 Å². The van der Waals surface area contributed by atoms with Crippen molar-refractivity contribution in [2.45, 2.75) is 12.8 Å². The predicted molar refractivity (Wildman–Crippen MR) is 27.5 cm³/mol. The molecule has 0 aromatic heterocycles. The summed E-state index contributed by atoms with van der Waals surface area (Å²) in [6, 6.07) is 0. The van der Waals surface area contributed by atoms with E-state index in [2.05, 4.69) is 5.22 Å². The summed E-state index contributed by atoms with van der Waals surface area (Å²) in [7, 11) is 0. The molecule has 1 saturated heterocycles. The molecule has 0 bridgehead atoms. The Morgan fingerprint density at radius 1 is 1.44 bits per heavy atom. The molecule has 0 aliphatic carbocycles. The third kappa shape index (κ3) is 1.75. The molecule has 0 atom stereocenters. The van der Waals surface area contributed by atoms with E-state index < -0.39 is 5.02 Å². The fraction of sp³-hybridized carbons (Fsp3) is 1.00. The van der Waals surface area contributed by atoms with Crippen molar-refractivity contribution in [3.05, 3.63) is 5.21 Å². The largest absolute Gasteiger partial charge is 0.338 e. The smallest absolute Gasteiger partial charge is 0.131 e. The van der Waals surface area contributed by atoms with Gasteiger partial charge >= 0.3 is 0 Å². The molecular formula is C4H8N3O2. The molecule has 1 fully saturated rings. The molecule has 5 nitrogen and oxygen atoms in total. The lowest BCUT2D eigenvalue weighted by Gasteiger charge is -1.97. The van der Waals surface area contributed by atoms with Crippen LogP contribution in [0.1, 0.15) is 12.8 Å². The van der Waals surface area contributed by atoms with Gasteiger partial charge in [0.1, 0.15) is 18.3 Å². The summed E-state index contributed by atoms with van der Waals surface area (Å²) < 4.78 is 0. The van der Waals surface area contributed by atoms with Gasteiger partial charge in [-0.3, -0.25) is 0 Å². The molecule has 1 heterocycles. The Morgan fingerprint density at radius 2 is 2.00 bits per heavy atom. The first-order valence-corrected chi connectivity index (χ1v) is 2.90. The summed E-state index contributed by atoms with van der Waals surface area (Å²) >= 11 is 0. The SMILES string of the molecule is [O][N+]([O-])=NN1CCCC1. The van der Waals surface area contributed by atoms with Crippen LogP contribution in [-0.4, -0.2) is 23.1 Å². The number of rotatable bonds is 1. The van der Waals surface area contributed by atoms with Gasteiger partial charge in [-0.25, -0.2) is 0 Å². The number of nitrogens with zero attached hydrogens (tertiary/aromatic N) is 3. The van der Waals surface area contributed by atoms with Gasteiger partial charge in [0.05, 0.1) is 5.02 Å². The fourth-order valence-electron chi connectivity index (χ4n) is 0.893. The Balaban J connectivity index is 2.35. The minimum absolute atomic E-state index is 0.648. The Morgan fingerprint density at radius 3 is 2.44 bits per heavy atom. The highest BCUT2D eigenvalue weighted by Crippen LogP contribution is 2.06. The molecule has 51 valence electrons. The van der Waals surface area contributed by atoms with E-state index in [1.54, 1.807) is 0 Å². The van der Waals surface area contributed by atoms with Crippen LogP contribution in [0.25, 0.3) is 0 Å². The van der Waals surface area contributed by atoms with Crippen molar-refractivity contribution in [1.29, 1.82) is 0 Å². The van der Waals surface area contributed by atoms with Gasteiger partial charge in [0.2, 0.25) is 0 Å². The van der Waals surface area contributed by atoms with E-state index in [9.17, 15) is 10.4 Å². The lowest BCUT2D eigenvalue weighted by Crippen LogP contribution is -2.13. The zero-order chi connectivity index (χ0) is 6.69. The van der Waals surface area contributed by atoms with E-state index in [0.717, 1.165) is 25.9 Å². The molecule has 9 heavy (non-hydrogen) atoms. The zero-order valence-corrected chi connectivity index (χ0v) is 4.99. The van der Waals surface area contributed by atoms with E-state index >= 15 is 0 Å². The van der Waals surface area contributed by atoms with Crippen LogP contribution in [0.2, 0.25) is 0 Å². The highest BCUT2D eigenvalue weighted by Gasteiger charge is 2.15. The lowest BCUT2D eigenvalue weighted by molar-refractivity contribution is -0.822. The molecule has 0 saturated carbocycles. The van der Waals surface area contributed by atoms with E-state index in [-0.39, 0.29) is 0 Å². The summed E-state index contributed by atoms with van der Waals surface area (Å²) in [5.41, 5.74) is 0. The van der Waals surface area contributed by atoms with Crippen molar-refractivity contribution in [1.82, 2.24) is 5.01 Å². The second-order valence-corrected chi connectivity index (χ2v) is 1.99. The van der Waals surface area contributed by atoms with Crippen LogP contribution in [0.4, 0.5) is 0 Å². The van der Waals surface area contributed by atoms with Gasteiger partial charge in [0.25, 0.3) is 0 Å². The molecule has 1 rings (SSSR count). The molecule has 0 aromatic rings. The Bertz CT molecular complexity index is 115. The third-order valence-corrected chi connectivity index (χ3v) is 1.28. The first-order valence-electron chi connectivity index (χ1n) is 2.90. The van der Waals surface area contributed by atoms with Gasteiger partial charge in [0.15, 0.2) is 0 Å². The minimum Gasteiger partial charge on any atom is -0.338 e. The Labute approximate surface area is 52.7 Å². The van der Waals surface area contributed by atoms with Gasteiger partial charge in [-0.05, 0) is 12.8 Å². The second kappa shape index (κ2) is 2.52. The maximum absolute atomic E-state index is 9.75. The van der Waals surface area contributed by atoms with Crippen LogP contribution < -0.4 is 0 Å². The van der Waals surface area contributed by atoms with Crippen LogP contribution >= 0.6 is 0 Å². The zero-order valence-electron chi connectivity index (χ0n) is 4.99. The van der Waals surface area contributed by atoms with Crippen LogP contribution in [0.3, 0.4) is 0 Å². The predicted octanol–water partition coefficient (Wildman–Crippen LogP) is 0.305. The molecule has 1 aliphatic heterocycles. The molecule has 5 heteroatoms. The van der Waals surface area contributed by atoms with Crippen molar-refractivity contribution >= 4 is 0 Å². The molecule has 1 aliphatic rings. The summed E-state index contributed by atoms with van der Waals surface area (Å²) in [6.07, 6.45) is 2.05. The van der Waals surface area contributed by atoms with Crippen LogP contribution in [0.15, 0.2) is 5.22 Å². The third-order valence-electron chi connectivity index (χ3n) is 1.28. The number of hydrogen-bond donors (Lipinski definition) is 0. The molecule has 0 N–H and O–H groups in total. The quantitative estimate of drug-likeness (QED) is 0.378. The van der Waals surface area contributed by atoms with Crippen LogP contribution in [0.5, 0.6) is 0 Å². The summed E-state index contributed by atoms with van der Waals surface area (Å²) in [4.78, 5) is 0. The van der Waals surface area contributed by atoms with E-state index in [0.29, 0.717) is 0 Å². The van der Waals surface area contributed by atoms with Gasteiger partial charge in [-0.15, -0.1) is 0 Å². The molecule has 0 amide bonds. The highest BCUT2D eigenvalue weighted by molar-refractivity contribution is 4.58. The van der Waals surface area contributed by atoms with Crippen molar-refractivity contribution in [3.63, 3.8) is 0 Å². The van der Waals surface area contributed by atoms with Crippen molar-refractivity contribution in [3.8, 4) is 0 Å². The average molecular weight is 130 g/mol. The van der Waals surface area contributed by atoms with Crippen LogP contribution in [0, 0.1) is 5.21 Å². The normalized spacial score (nSPS) is 18.0. The second-order valence-electron chi connectivity index (χ2n) is 1.99. The molecule has 0 unspecified atom stereocenters. The van der Waals surface area contributed by atoms with E-state index in [1.165, 1.54) is 5.01 Å². The molecule has 1 radical (unpaired) electrons. The van der Waals surface area contributed by atoms with E-state index in [4.69, 9.17) is 0 Å². The molecule has 0 spiro atoms. The molecular weight excluding hydrogens is 122 g/mol. The van der Waals surface area contributed by atoms with Gasteiger partial charge in [-0.2, -0.15) is 5.01 Å². The van der Waals surface area contributed by atoms with Gasteiger partial charge in [0, 0.05) is 0 Å². The standard InChI is InChI=1S/C4H8N3O2/c8-7(9)5-6-3-1-2-4-6/h1-4H2. The topological polar surface area (TPSA) is 61.6 Å². The molecule has 0 aromatic carbocycles. The average Bonchev–Trinajstić information content (AvgIpc) is 2.15. The minimum atomic E-state index is -0.648. The van der Waals surface area contributed by atoms with Gasteiger partial charge in [-0.1, -0.05) is 0 Å². The first kappa shape index (κ1) is 6.12. The van der Waals surface area contributed by atoms with Crippen molar-refractivity contribution < 1.29 is 10.2 Å².